The summed E-state index contributed by atoms with van der Waals surface area (Å²) in [6.07, 6.45) is 4.47. The molecule has 1 atom stereocenters. The minimum absolute atomic E-state index is 0.635. The molecule has 3 nitrogen and oxygen atoms in total. The highest BCUT2D eigenvalue weighted by atomic mass is 15.1. The second-order valence-electron chi connectivity index (χ2n) is 5.06. The Morgan fingerprint density at radius 3 is 2.71 bits per heavy atom. The van der Waals surface area contributed by atoms with Crippen LogP contribution in [0.1, 0.15) is 25.5 Å². The van der Waals surface area contributed by atoms with Gasteiger partial charge in [-0.1, -0.05) is 0 Å². The number of aryl methyl sites for hydroxylation is 1. The van der Waals surface area contributed by atoms with E-state index in [1.54, 1.807) is 0 Å². The number of hydrogen-bond acceptors (Lipinski definition) is 3. The van der Waals surface area contributed by atoms with E-state index in [-0.39, 0.29) is 0 Å². The fraction of sp³-hybridized carbons (Fsp3) is 0.643. The van der Waals surface area contributed by atoms with E-state index in [4.69, 9.17) is 0 Å². The summed E-state index contributed by atoms with van der Waals surface area (Å²) in [7, 11) is 2.06. The fourth-order valence-corrected chi connectivity index (χ4v) is 2.62. The zero-order chi connectivity index (χ0) is 12.3. The first kappa shape index (κ1) is 12.4. The fourth-order valence-electron chi connectivity index (χ4n) is 2.62. The molecule has 1 aromatic rings. The van der Waals surface area contributed by atoms with E-state index < -0.39 is 0 Å². The molecule has 0 bridgehead atoms. The molecule has 1 aliphatic rings. The monoisotopic (exact) mass is 233 g/mol. The minimum atomic E-state index is 0.635. The second-order valence-corrected chi connectivity index (χ2v) is 5.06. The van der Waals surface area contributed by atoms with Crippen LogP contribution >= 0.6 is 0 Å². The van der Waals surface area contributed by atoms with E-state index in [0.29, 0.717) is 6.04 Å². The Hall–Kier alpha value is -1.09. The smallest absolute Gasteiger partial charge is 0.0399 e. The highest BCUT2D eigenvalue weighted by Gasteiger charge is 2.23. The summed E-state index contributed by atoms with van der Waals surface area (Å²) in [4.78, 5) is 6.73. The van der Waals surface area contributed by atoms with Crippen molar-refractivity contribution in [3.8, 4) is 0 Å². The number of rotatable bonds is 3. The van der Waals surface area contributed by atoms with Crippen molar-refractivity contribution < 1.29 is 0 Å². The Kier molecular flexibility index (Phi) is 4.00. The molecule has 0 radical (unpaired) electrons. The predicted molar refractivity (Wildman–Crippen MR) is 72.4 cm³/mol. The van der Waals surface area contributed by atoms with Gasteiger partial charge < -0.3 is 10.2 Å². The van der Waals surface area contributed by atoms with Gasteiger partial charge in [-0.15, -0.1) is 0 Å². The van der Waals surface area contributed by atoms with Crippen molar-refractivity contribution in [2.45, 2.75) is 32.7 Å². The summed E-state index contributed by atoms with van der Waals surface area (Å²) in [5.74, 6) is 0.819. The molecule has 1 saturated heterocycles. The normalized spacial score (nSPS) is 19.4. The topological polar surface area (TPSA) is 28.2 Å². The lowest BCUT2D eigenvalue weighted by Gasteiger charge is -2.36. The highest BCUT2D eigenvalue weighted by Crippen LogP contribution is 2.25. The SMILES string of the molecule is CNC(C)C1CCN(c2ccnc(C)c2)CC1. The number of piperidine rings is 1. The van der Waals surface area contributed by atoms with Gasteiger partial charge in [0.25, 0.3) is 0 Å². The Bertz CT molecular complexity index is 356. The zero-order valence-corrected chi connectivity index (χ0v) is 11.1. The lowest BCUT2D eigenvalue weighted by atomic mass is 9.90. The number of pyridine rings is 1. The average Bonchev–Trinajstić information content (AvgIpc) is 2.38. The second kappa shape index (κ2) is 5.50. The van der Waals surface area contributed by atoms with Gasteiger partial charge in [0.05, 0.1) is 0 Å². The van der Waals surface area contributed by atoms with Gasteiger partial charge in [0, 0.05) is 36.7 Å². The van der Waals surface area contributed by atoms with Gasteiger partial charge in [-0.05, 0) is 51.8 Å². The third kappa shape index (κ3) is 2.97. The van der Waals surface area contributed by atoms with Crippen molar-refractivity contribution in [3.05, 3.63) is 24.0 Å². The van der Waals surface area contributed by atoms with Crippen LogP contribution in [0.25, 0.3) is 0 Å². The first-order valence-electron chi connectivity index (χ1n) is 6.55. The van der Waals surface area contributed by atoms with E-state index in [0.717, 1.165) is 11.6 Å². The summed E-state index contributed by atoms with van der Waals surface area (Å²) in [6, 6.07) is 4.94. The molecule has 0 amide bonds. The van der Waals surface area contributed by atoms with Gasteiger partial charge in [0.1, 0.15) is 0 Å². The maximum absolute atomic E-state index is 4.25. The molecule has 94 valence electrons. The van der Waals surface area contributed by atoms with E-state index in [1.807, 2.05) is 6.20 Å². The van der Waals surface area contributed by atoms with Crippen molar-refractivity contribution in [1.29, 1.82) is 0 Å². The van der Waals surface area contributed by atoms with Crippen LogP contribution in [0.4, 0.5) is 5.69 Å². The summed E-state index contributed by atoms with van der Waals surface area (Å²) >= 11 is 0. The standard InChI is InChI=1S/C14H23N3/c1-11-10-14(4-7-16-11)17-8-5-13(6-9-17)12(2)15-3/h4,7,10,12-13,15H,5-6,8-9H2,1-3H3. The number of anilines is 1. The minimum Gasteiger partial charge on any atom is -0.371 e. The molecule has 1 fully saturated rings. The van der Waals surface area contributed by atoms with Crippen LogP contribution in [0.5, 0.6) is 0 Å². The number of nitrogens with one attached hydrogen (secondary N) is 1. The van der Waals surface area contributed by atoms with Crippen molar-refractivity contribution in [2.24, 2.45) is 5.92 Å². The molecule has 0 aliphatic carbocycles. The summed E-state index contributed by atoms with van der Waals surface area (Å²) in [5, 5.41) is 3.37. The first-order valence-corrected chi connectivity index (χ1v) is 6.55. The van der Waals surface area contributed by atoms with Gasteiger partial charge in [0.15, 0.2) is 0 Å². The molecule has 2 rings (SSSR count). The van der Waals surface area contributed by atoms with E-state index in [2.05, 4.69) is 48.2 Å². The number of hydrogen-bond donors (Lipinski definition) is 1. The molecule has 2 heterocycles. The molecular weight excluding hydrogens is 210 g/mol. The molecule has 1 N–H and O–H groups in total. The van der Waals surface area contributed by atoms with E-state index >= 15 is 0 Å². The quantitative estimate of drug-likeness (QED) is 0.867. The molecule has 1 aliphatic heterocycles. The van der Waals surface area contributed by atoms with Gasteiger partial charge >= 0.3 is 0 Å². The highest BCUT2D eigenvalue weighted by molar-refractivity contribution is 5.46. The van der Waals surface area contributed by atoms with Crippen LogP contribution in [0.15, 0.2) is 18.3 Å². The molecular formula is C14H23N3. The maximum atomic E-state index is 4.25. The molecule has 17 heavy (non-hydrogen) atoms. The van der Waals surface area contributed by atoms with Crippen LogP contribution in [0, 0.1) is 12.8 Å². The Balaban J connectivity index is 1.95. The third-order valence-corrected chi connectivity index (χ3v) is 3.95. The Morgan fingerprint density at radius 2 is 2.12 bits per heavy atom. The molecule has 1 unspecified atom stereocenters. The van der Waals surface area contributed by atoms with E-state index in [9.17, 15) is 0 Å². The first-order chi connectivity index (χ1) is 8.20. The van der Waals surface area contributed by atoms with E-state index in [1.165, 1.54) is 31.6 Å². The summed E-state index contributed by atoms with van der Waals surface area (Å²) in [6.45, 7) is 6.68. The summed E-state index contributed by atoms with van der Waals surface area (Å²) in [5.41, 5.74) is 2.43. The van der Waals surface area contributed by atoms with Gasteiger partial charge in [0.2, 0.25) is 0 Å². The van der Waals surface area contributed by atoms with Crippen molar-refractivity contribution >= 4 is 5.69 Å². The van der Waals surface area contributed by atoms with Crippen molar-refractivity contribution in [2.75, 3.05) is 25.0 Å². The van der Waals surface area contributed by atoms with Crippen LogP contribution < -0.4 is 10.2 Å². The van der Waals surface area contributed by atoms with Crippen LogP contribution in [0.3, 0.4) is 0 Å². The largest absolute Gasteiger partial charge is 0.371 e. The maximum Gasteiger partial charge on any atom is 0.0399 e. The third-order valence-electron chi connectivity index (χ3n) is 3.95. The number of aromatic nitrogens is 1. The molecule has 1 aromatic heterocycles. The average molecular weight is 233 g/mol. The molecule has 3 heteroatoms. The lowest BCUT2D eigenvalue weighted by Crippen LogP contribution is -2.40. The van der Waals surface area contributed by atoms with Gasteiger partial charge in [-0.25, -0.2) is 0 Å². The molecule has 0 saturated carbocycles. The van der Waals surface area contributed by atoms with Crippen LogP contribution in [-0.4, -0.2) is 31.2 Å². The number of nitrogens with zero attached hydrogens (tertiary/aromatic N) is 2. The van der Waals surface area contributed by atoms with Gasteiger partial charge in [-0.3, -0.25) is 4.98 Å². The van der Waals surface area contributed by atoms with Crippen LogP contribution in [-0.2, 0) is 0 Å². The van der Waals surface area contributed by atoms with Crippen LogP contribution in [0.2, 0.25) is 0 Å². The van der Waals surface area contributed by atoms with Crippen molar-refractivity contribution in [3.63, 3.8) is 0 Å². The molecule has 0 aromatic carbocycles. The summed E-state index contributed by atoms with van der Waals surface area (Å²) < 4.78 is 0. The van der Waals surface area contributed by atoms with Gasteiger partial charge in [-0.2, -0.15) is 0 Å². The molecule has 0 spiro atoms. The lowest BCUT2D eigenvalue weighted by molar-refractivity contribution is 0.323. The zero-order valence-electron chi connectivity index (χ0n) is 11.1. The van der Waals surface area contributed by atoms with Crippen molar-refractivity contribution in [1.82, 2.24) is 10.3 Å². The Morgan fingerprint density at radius 1 is 1.41 bits per heavy atom. The Labute approximate surface area is 104 Å². The predicted octanol–water partition coefficient (Wildman–Crippen LogP) is 2.21.